The molecule has 0 rings (SSSR count). The lowest BCUT2D eigenvalue weighted by atomic mass is 10.2. The largest absolute Gasteiger partial charge is 0.315 e. The molecule has 0 saturated carbocycles. The standard InChI is InChI=1S/C13H30N2O2S/c1-6-18(16,17)11-7-8-14-9-10-15(12(2)3)13(4)5/h12-14H,6-11H2,1-5H3. The van der Waals surface area contributed by atoms with Gasteiger partial charge in [0.1, 0.15) is 9.84 Å². The van der Waals surface area contributed by atoms with Gasteiger partial charge in [0.05, 0.1) is 5.75 Å². The van der Waals surface area contributed by atoms with Crippen molar-refractivity contribution in [3.63, 3.8) is 0 Å². The SMILES string of the molecule is CCS(=O)(=O)CCCNCCN(C(C)C)C(C)C. The van der Waals surface area contributed by atoms with E-state index >= 15 is 0 Å². The minimum Gasteiger partial charge on any atom is -0.315 e. The molecule has 0 fully saturated rings. The van der Waals surface area contributed by atoms with Gasteiger partial charge in [-0.2, -0.15) is 0 Å². The molecule has 0 atom stereocenters. The lowest BCUT2D eigenvalue weighted by Crippen LogP contribution is -2.41. The Hall–Kier alpha value is -0.130. The number of nitrogens with zero attached hydrogens (tertiary/aromatic N) is 1. The zero-order chi connectivity index (χ0) is 14.2. The van der Waals surface area contributed by atoms with Gasteiger partial charge in [0.15, 0.2) is 0 Å². The third-order valence-electron chi connectivity index (χ3n) is 3.12. The molecule has 1 N–H and O–H groups in total. The van der Waals surface area contributed by atoms with E-state index in [9.17, 15) is 8.42 Å². The highest BCUT2D eigenvalue weighted by molar-refractivity contribution is 7.91. The average molecular weight is 278 g/mol. The van der Waals surface area contributed by atoms with Crippen LogP contribution in [0.4, 0.5) is 0 Å². The highest BCUT2D eigenvalue weighted by atomic mass is 32.2. The van der Waals surface area contributed by atoms with Gasteiger partial charge in [0.2, 0.25) is 0 Å². The number of hydrogen-bond donors (Lipinski definition) is 1. The van der Waals surface area contributed by atoms with Gasteiger partial charge in [-0.1, -0.05) is 6.92 Å². The fourth-order valence-electron chi connectivity index (χ4n) is 2.01. The maximum Gasteiger partial charge on any atom is 0.150 e. The first-order valence-corrected chi connectivity index (χ1v) is 8.79. The molecule has 0 saturated heterocycles. The van der Waals surface area contributed by atoms with Crippen LogP contribution < -0.4 is 5.32 Å². The minimum absolute atomic E-state index is 0.251. The molecule has 4 nitrogen and oxygen atoms in total. The van der Waals surface area contributed by atoms with Crippen molar-refractivity contribution in [2.75, 3.05) is 31.1 Å². The van der Waals surface area contributed by atoms with Crippen LogP contribution in [0.2, 0.25) is 0 Å². The van der Waals surface area contributed by atoms with Crippen molar-refractivity contribution in [3.05, 3.63) is 0 Å². The van der Waals surface area contributed by atoms with E-state index in [4.69, 9.17) is 0 Å². The van der Waals surface area contributed by atoms with Crippen LogP contribution in [0, 0.1) is 0 Å². The highest BCUT2D eigenvalue weighted by Gasteiger charge is 2.12. The van der Waals surface area contributed by atoms with Crippen LogP contribution in [0.25, 0.3) is 0 Å². The van der Waals surface area contributed by atoms with Gasteiger partial charge in [-0.15, -0.1) is 0 Å². The molecule has 0 radical (unpaired) electrons. The van der Waals surface area contributed by atoms with Crippen molar-refractivity contribution in [2.45, 2.75) is 53.1 Å². The first kappa shape index (κ1) is 17.9. The predicted molar refractivity (Wildman–Crippen MR) is 78.8 cm³/mol. The summed E-state index contributed by atoms with van der Waals surface area (Å²) in [5.74, 6) is 0.552. The van der Waals surface area contributed by atoms with Crippen molar-refractivity contribution >= 4 is 9.84 Å². The van der Waals surface area contributed by atoms with E-state index in [0.29, 0.717) is 24.3 Å². The topological polar surface area (TPSA) is 49.4 Å². The molecule has 0 unspecified atom stereocenters. The quantitative estimate of drug-likeness (QED) is 0.616. The van der Waals surface area contributed by atoms with E-state index in [2.05, 4.69) is 37.9 Å². The lowest BCUT2D eigenvalue weighted by molar-refractivity contribution is 0.176. The Kier molecular flexibility index (Phi) is 8.82. The molecule has 0 aliphatic rings. The third-order valence-corrected chi connectivity index (χ3v) is 4.91. The van der Waals surface area contributed by atoms with Crippen LogP contribution in [-0.4, -0.2) is 56.5 Å². The number of nitrogens with one attached hydrogen (secondary N) is 1. The van der Waals surface area contributed by atoms with Gasteiger partial charge < -0.3 is 5.32 Å². The molecular formula is C13H30N2O2S. The maximum absolute atomic E-state index is 11.3. The number of hydrogen-bond acceptors (Lipinski definition) is 4. The van der Waals surface area contributed by atoms with Crippen LogP contribution in [0.1, 0.15) is 41.0 Å². The molecule has 0 amide bonds. The highest BCUT2D eigenvalue weighted by Crippen LogP contribution is 2.03. The van der Waals surface area contributed by atoms with E-state index in [1.807, 2.05) is 0 Å². The molecule has 0 aliphatic heterocycles. The van der Waals surface area contributed by atoms with Gasteiger partial charge in [-0.25, -0.2) is 8.42 Å². The van der Waals surface area contributed by atoms with Crippen molar-refractivity contribution in [1.29, 1.82) is 0 Å². The van der Waals surface area contributed by atoms with E-state index < -0.39 is 9.84 Å². The molecule has 0 bridgehead atoms. The van der Waals surface area contributed by atoms with Gasteiger partial charge in [-0.05, 0) is 40.7 Å². The first-order chi connectivity index (χ1) is 8.30. The summed E-state index contributed by atoms with van der Waals surface area (Å²) in [7, 11) is -2.80. The smallest absolute Gasteiger partial charge is 0.150 e. The van der Waals surface area contributed by atoms with E-state index in [-0.39, 0.29) is 5.75 Å². The fourth-order valence-corrected chi connectivity index (χ4v) is 2.88. The molecule has 18 heavy (non-hydrogen) atoms. The summed E-state index contributed by atoms with van der Waals surface area (Å²) in [6, 6.07) is 1.10. The molecule has 0 aliphatic carbocycles. The maximum atomic E-state index is 11.3. The molecule has 0 aromatic heterocycles. The Labute approximate surface area is 113 Å². The summed E-state index contributed by atoms with van der Waals surface area (Å²) < 4.78 is 22.6. The normalized spacial score (nSPS) is 12.9. The Morgan fingerprint density at radius 2 is 1.61 bits per heavy atom. The van der Waals surface area contributed by atoms with Crippen molar-refractivity contribution < 1.29 is 8.42 Å². The van der Waals surface area contributed by atoms with E-state index in [1.165, 1.54) is 0 Å². The predicted octanol–water partition coefficient (Wildman–Crippen LogP) is 1.52. The monoisotopic (exact) mass is 278 g/mol. The average Bonchev–Trinajstić information content (AvgIpc) is 2.26. The molecule has 5 heteroatoms. The molecule has 0 aromatic rings. The Morgan fingerprint density at radius 3 is 2.06 bits per heavy atom. The number of rotatable bonds is 10. The molecule has 110 valence electrons. The van der Waals surface area contributed by atoms with Crippen molar-refractivity contribution in [3.8, 4) is 0 Å². The van der Waals surface area contributed by atoms with E-state index in [0.717, 1.165) is 19.6 Å². The minimum atomic E-state index is -2.80. The third kappa shape index (κ3) is 8.06. The van der Waals surface area contributed by atoms with Crippen molar-refractivity contribution in [2.24, 2.45) is 0 Å². The van der Waals surface area contributed by atoms with Gasteiger partial charge in [-0.3, -0.25) is 4.90 Å². The summed E-state index contributed by atoms with van der Waals surface area (Å²) in [4.78, 5) is 2.43. The van der Waals surface area contributed by atoms with Crippen LogP contribution in [0.3, 0.4) is 0 Å². The van der Waals surface area contributed by atoms with Crippen LogP contribution in [0.5, 0.6) is 0 Å². The van der Waals surface area contributed by atoms with E-state index in [1.54, 1.807) is 6.92 Å². The van der Waals surface area contributed by atoms with Crippen LogP contribution >= 0.6 is 0 Å². The molecule has 0 heterocycles. The Balaban J connectivity index is 3.68. The summed E-state index contributed by atoms with van der Waals surface area (Å²) in [5.41, 5.74) is 0. The zero-order valence-electron chi connectivity index (χ0n) is 12.6. The zero-order valence-corrected chi connectivity index (χ0v) is 13.4. The summed E-state index contributed by atoms with van der Waals surface area (Å²) in [6.45, 7) is 13.2. The number of sulfone groups is 1. The second kappa shape index (κ2) is 8.88. The second-order valence-electron chi connectivity index (χ2n) is 5.27. The van der Waals surface area contributed by atoms with Crippen molar-refractivity contribution in [1.82, 2.24) is 10.2 Å². The van der Waals surface area contributed by atoms with Gasteiger partial charge >= 0.3 is 0 Å². The second-order valence-corrected chi connectivity index (χ2v) is 7.74. The fraction of sp³-hybridized carbons (Fsp3) is 1.00. The van der Waals surface area contributed by atoms with Crippen LogP contribution in [0.15, 0.2) is 0 Å². The molecule has 0 aromatic carbocycles. The van der Waals surface area contributed by atoms with Gasteiger partial charge in [0.25, 0.3) is 0 Å². The molecule has 0 spiro atoms. The first-order valence-electron chi connectivity index (χ1n) is 6.97. The summed E-state index contributed by atoms with van der Waals surface area (Å²) in [5, 5.41) is 3.32. The molecular weight excluding hydrogens is 248 g/mol. The summed E-state index contributed by atoms with van der Waals surface area (Å²) in [6.07, 6.45) is 0.708. The Bertz CT molecular complexity index is 292. The lowest BCUT2D eigenvalue weighted by Gasteiger charge is -2.30. The Morgan fingerprint density at radius 1 is 1.06 bits per heavy atom. The summed E-state index contributed by atoms with van der Waals surface area (Å²) >= 11 is 0. The van der Waals surface area contributed by atoms with Gasteiger partial charge in [0, 0.05) is 30.9 Å². The van der Waals surface area contributed by atoms with Crippen LogP contribution in [-0.2, 0) is 9.84 Å².